The van der Waals surface area contributed by atoms with Crippen LogP contribution < -0.4 is 10.1 Å². The normalized spacial score (nSPS) is 13.0. The largest absolute Gasteiger partial charge is 0.497 e. The quantitative estimate of drug-likeness (QED) is 0.728. The SMILES string of the molecule is COc1ccc(C(=O)c2cc(-c3ccccc3)n3c2NCCC3)cc1. The van der Waals surface area contributed by atoms with E-state index in [1.54, 1.807) is 7.11 Å². The first-order valence-electron chi connectivity index (χ1n) is 8.49. The topological polar surface area (TPSA) is 43.3 Å². The number of carbonyl (C=O) groups is 1. The Hall–Kier alpha value is -3.01. The number of carbonyl (C=O) groups excluding carboxylic acids is 1. The second-order valence-corrected chi connectivity index (χ2v) is 6.15. The summed E-state index contributed by atoms with van der Waals surface area (Å²) >= 11 is 0. The molecule has 0 saturated heterocycles. The molecule has 0 bridgehead atoms. The maximum Gasteiger partial charge on any atom is 0.196 e. The van der Waals surface area contributed by atoms with Gasteiger partial charge < -0.3 is 14.6 Å². The van der Waals surface area contributed by atoms with E-state index in [-0.39, 0.29) is 5.78 Å². The van der Waals surface area contributed by atoms with Crippen LogP contribution in [0.15, 0.2) is 60.7 Å². The van der Waals surface area contributed by atoms with Gasteiger partial charge in [-0.2, -0.15) is 0 Å². The zero-order valence-corrected chi connectivity index (χ0v) is 14.2. The van der Waals surface area contributed by atoms with Crippen LogP contribution in [-0.4, -0.2) is 24.0 Å². The van der Waals surface area contributed by atoms with Gasteiger partial charge in [0.1, 0.15) is 11.6 Å². The fourth-order valence-electron chi connectivity index (χ4n) is 3.33. The van der Waals surface area contributed by atoms with Crippen LogP contribution in [0.4, 0.5) is 5.82 Å². The zero-order valence-electron chi connectivity index (χ0n) is 14.2. The van der Waals surface area contributed by atoms with Crippen LogP contribution >= 0.6 is 0 Å². The molecule has 25 heavy (non-hydrogen) atoms. The molecule has 0 atom stereocenters. The maximum atomic E-state index is 13.1. The first kappa shape index (κ1) is 15.5. The molecular weight excluding hydrogens is 312 g/mol. The summed E-state index contributed by atoms with van der Waals surface area (Å²) in [5.41, 5.74) is 3.60. The number of rotatable bonds is 4. The predicted octanol–water partition coefficient (Wildman–Crippen LogP) is 4.21. The van der Waals surface area contributed by atoms with Crippen molar-refractivity contribution in [1.29, 1.82) is 0 Å². The Morgan fingerprint density at radius 3 is 2.56 bits per heavy atom. The van der Waals surface area contributed by atoms with Crippen molar-refractivity contribution in [3.05, 3.63) is 71.8 Å². The highest BCUT2D eigenvalue weighted by atomic mass is 16.5. The highest BCUT2D eigenvalue weighted by molar-refractivity contribution is 6.13. The zero-order chi connectivity index (χ0) is 17.2. The van der Waals surface area contributed by atoms with Crippen LogP contribution in [0.1, 0.15) is 22.3 Å². The summed E-state index contributed by atoms with van der Waals surface area (Å²) in [6.07, 6.45) is 1.05. The monoisotopic (exact) mass is 332 g/mol. The molecule has 2 aromatic carbocycles. The van der Waals surface area contributed by atoms with Crippen molar-refractivity contribution in [3.63, 3.8) is 0 Å². The molecule has 1 N–H and O–H groups in total. The van der Waals surface area contributed by atoms with Crippen molar-refractivity contribution in [2.24, 2.45) is 0 Å². The highest BCUT2D eigenvalue weighted by Crippen LogP contribution is 2.33. The predicted molar refractivity (Wildman–Crippen MR) is 99.4 cm³/mol. The summed E-state index contributed by atoms with van der Waals surface area (Å²) in [5.74, 6) is 1.70. The number of nitrogens with zero attached hydrogens (tertiary/aromatic N) is 1. The number of fused-ring (bicyclic) bond motifs is 1. The minimum absolute atomic E-state index is 0.0305. The van der Waals surface area contributed by atoms with Crippen LogP contribution in [0, 0.1) is 0 Å². The van der Waals surface area contributed by atoms with Gasteiger partial charge in [0.15, 0.2) is 5.78 Å². The second kappa shape index (κ2) is 6.48. The van der Waals surface area contributed by atoms with Crippen molar-refractivity contribution in [2.75, 3.05) is 19.0 Å². The van der Waals surface area contributed by atoms with Crippen molar-refractivity contribution in [1.82, 2.24) is 4.57 Å². The number of methoxy groups -OCH3 is 1. The van der Waals surface area contributed by atoms with Gasteiger partial charge in [-0.1, -0.05) is 30.3 Å². The lowest BCUT2D eigenvalue weighted by atomic mass is 10.0. The Morgan fingerprint density at radius 1 is 1.08 bits per heavy atom. The van der Waals surface area contributed by atoms with Crippen LogP contribution in [-0.2, 0) is 6.54 Å². The Labute approximate surface area is 147 Å². The number of hydrogen-bond donors (Lipinski definition) is 1. The van der Waals surface area contributed by atoms with Gasteiger partial charge in [0.05, 0.1) is 18.4 Å². The van der Waals surface area contributed by atoms with Crippen LogP contribution in [0.3, 0.4) is 0 Å². The highest BCUT2D eigenvalue weighted by Gasteiger charge is 2.23. The molecule has 0 amide bonds. The van der Waals surface area contributed by atoms with Crippen molar-refractivity contribution in [2.45, 2.75) is 13.0 Å². The fraction of sp³-hybridized carbons (Fsp3) is 0.190. The lowest BCUT2D eigenvalue weighted by molar-refractivity contribution is 0.103. The van der Waals surface area contributed by atoms with Gasteiger partial charge in [-0.25, -0.2) is 0 Å². The van der Waals surface area contributed by atoms with Crippen molar-refractivity contribution in [3.8, 4) is 17.0 Å². The van der Waals surface area contributed by atoms with E-state index in [2.05, 4.69) is 22.0 Å². The van der Waals surface area contributed by atoms with E-state index in [1.807, 2.05) is 48.5 Å². The Kier molecular flexibility index (Phi) is 4.02. The maximum absolute atomic E-state index is 13.1. The van der Waals surface area contributed by atoms with Gasteiger partial charge in [-0.3, -0.25) is 4.79 Å². The average molecular weight is 332 g/mol. The molecule has 1 aliphatic rings. The van der Waals surface area contributed by atoms with Gasteiger partial charge in [0, 0.05) is 18.7 Å². The first-order valence-corrected chi connectivity index (χ1v) is 8.49. The molecule has 0 unspecified atom stereocenters. The smallest absolute Gasteiger partial charge is 0.196 e. The molecule has 4 heteroatoms. The molecule has 1 aromatic heterocycles. The van der Waals surface area contributed by atoms with E-state index in [4.69, 9.17) is 4.74 Å². The number of nitrogens with one attached hydrogen (secondary N) is 1. The van der Waals surface area contributed by atoms with E-state index in [1.165, 1.54) is 0 Å². The lowest BCUT2D eigenvalue weighted by Gasteiger charge is -2.20. The molecular formula is C21H20N2O2. The summed E-state index contributed by atoms with van der Waals surface area (Å²) in [5, 5.41) is 3.41. The molecule has 0 radical (unpaired) electrons. The summed E-state index contributed by atoms with van der Waals surface area (Å²) in [7, 11) is 1.62. The molecule has 4 nitrogen and oxygen atoms in total. The number of aromatic nitrogens is 1. The van der Waals surface area contributed by atoms with Gasteiger partial charge >= 0.3 is 0 Å². The number of hydrogen-bond acceptors (Lipinski definition) is 3. The van der Waals surface area contributed by atoms with Crippen LogP contribution in [0.5, 0.6) is 5.75 Å². The van der Waals surface area contributed by atoms with Crippen LogP contribution in [0.25, 0.3) is 11.3 Å². The Balaban J connectivity index is 1.79. The van der Waals surface area contributed by atoms with E-state index in [0.717, 1.165) is 47.9 Å². The van der Waals surface area contributed by atoms with E-state index in [9.17, 15) is 4.79 Å². The molecule has 0 spiro atoms. The molecule has 0 saturated carbocycles. The fourth-order valence-corrected chi connectivity index (χ4v) is 3.33. The summed E-state index contributed by atoms with van der Waals surface area (Å²) in [6, 6.07) is 19.5. The van der Waals surface area contributed by atoms with Gasteiger partial charge in [0.25, 0.3) is 0 Å². The molecule has 4 rings (SSSR count). The third-order valence-corrected chi connectivity index (χ3v) is 4.61. The van der Waals surface area contributed by atoms with Crippen molar-refractivity contribution < 1.29 is 9.53 Å². The first-order chi connectivity index (χ1) is 12.3. The van der Waals surface area contributed by atoms with E-state index < -0.39 is 0 Å². The minimum atomic E-state index is 0.0305. The van der Waals surface area contributed by atoms with Gasteiger partial charge in [-0.15, -0.1) is 0 Å². The van der Waals surface area contributed by atoms with Gasteiger partial charge in [-0.05, 0) is 42.3 Å². The summed E-state index contributed by atoms with van der Waals surface area (Å²) < 4.78 is 7.40. The molecule has 2 heterocycles. The third-order valence-electron chi connectivity index (χ3n) is 4.61. The number of benzene rings is 2. The Morgan fingerprint density at radius 2 is 1.84 bits per heavy atom. The lowest BCUT2D eigenvalue weighted by Crippen LogP contribution is -2.19. The standard InChI is InChI=1S/C21H20N2O2/c1-25-17-10-8-16(9-11-17)20(24)18-14-19(15-6-3-2-4-7-15)23-13-5-12-22-21(18)23/h2-4,6-11,14,22H,5,12-13H2,1H3. The molecule has 0 fully saturated rings. The minimum Gasteiger partial charge on any atom is -0.497 e. The van der Waals surface area contributed by atoms with E-state index in [0.29, 0.717) is 5.56 Å². The molecule has 126 valence electrons. The summed E-state index contributed by atoms with van der Waals surface area (Å²) in [4.78, 5) is 13.1. The number of ether oxygens (including phenoxy) is 1. The molecule has 1 aliphatic heterocycles. The van der Waals surface area contributed by atoms with Gasteiger partial charge in [0.2, 0.25) is 0 Å². The van der Waals surface area contributed by atoms with E-state index >= 15 is 0 Å². The average Bonchev–Trinajstić information content (AvgIpc) is 3.08. The van der Waals surface area contributed by atoms with Crippen LogP contribution in [0.2, 0.25) is 0 Å². The summed E-state index contributed by atoms with van der Waals surface area (Å²) in [6.45, 7) is 1.81. The number of ketones is 1. The second-order valence-electron chi connectivity index (χ2n) is 6.15. The Bertz CT molecular complexity index is 896. The molecule has 0 aliphatic carbocycles. The number of anilines is 1. The van der Waals surface area contributed by atoms with Crippen molar-refractivity contribution >= 4 is 11.6 Å². The third kappa shape index (κ3) is 2.80. The molecule has 3 aromatic rings.